The molecule has 5 nitrogen and oxygen atoms in total. The molecular weight excluding hydrogens is 314 g/mol. The van der Waals surface area contributed by atoms with Gasteiger partial charge in [-0.1, -0.05) is 12.1 Å². The largest absolute Gasteiger partial charge is 0.466 e. The average Bonchev–Trinajstić information content (AvgIpc) is 3.10. The van der Waals surface area contributed by atoms with Crippen molar-refractivity contribution in [2.75, 3.05) is 19.7 Å². The van der Waals surface area contributed by atoms with Gasteiger partial charge in [0, 0.05) is 25.0 Å². The van der Waals surface area contributed by atoms with E-state index >= 15 is 0 Å². The number of para-hydroxylation sites is 1. The van der Waals surface area contributed by atoms with Gasteiger partial charge in [0.1, 0.15) is 6.07 Å². The number of hydrogen-bond donors (Lipinski definition) is 0. The summed E-state index contributed by atoms with van der Waals surface area (Å²) in [5, 5.41) is 9.35. The van der Waals surface area contributed by atoms with Crippen LogP contribution in [0.2, 0.25) is 0 Å². The van der Waals surface area contributed by atoms with Gasteiger partial charge >= 0.3 is 5.97 Å². The Hall–Kier alpha value is -2.58. The summed E-state index contributed by atoms with van der Waals surface area (Å²) in [6, 6.07) is 13.9. The quantitative estimate of drug-likeness (QED) is 0.787. The van der Waals surface area contributed by atoms with E-state index in [1.807, 2.05) is 43.5 Å². The third kappa shape index (κ3) is 3.92. The minimum Gasteiger partial charge on any atom is -0.466 e. The van der Waals surface area contributed by atoms with Gasteiger partial charge in [0.2, 0.25) is 0 Å². The summed E-state index contributed by atoms with van der Waals surface area (Å²) in [6.45, 7) is 4.73. The molecule has 0 spiro atoms. The van der Waals surface area contributed by atoms with E-state index in [9.17, 15) is 10.1 Å². The first kappa shape index (κ1) is 17.2. The van der Waals surface area contributed by atoms with Crippen LogP contribution in [-0.4, -0.2) is 35.1 Å². The van der Waals surface area contributed by atoms with Crippen LogP contribution in [0.4, 0.5) is 0 Å². The van der Waals surface area contributed by atoms with Gasteiger partial charge in [0.25, 0.3) is 0 Å². The zero-order chi connectivity index (χ0) is 17.6. The summed E-state index contributed by atoms with van der Waals surface area (Å²) in [5.74, 6) is -0.124. The van der Waals surface area contributed by atoms with Gasteiger partial charge in [-0.05, 0) is 50.6 Å². The number of aromatic nitrogens is 1. The van der Waals surface area contributed by atoms with Crippen molar-refractivity contribution in [3.05, 3.63) is 53.9 Å². The number of nitriles is 1. The summed E-state index contributed by atoms with van der Waals surface area (Å²) in [4.78, 5) is 14.3. The maximum Gasteiger partial charge on any atom is 0.310 e. The normalized spacial score (nSPS) is 17.8. The first-order valence-corrected chi connectivity index (χ1v) is 8.77. The molecule has 1 aliphatic rings. The van der Waals surface area contributed by atoms with Crippen molar-refractivity contribution in [1.82, 2.24) is 9.47 Å². The Labute approximate surface area is 148 Å². The maximum atomic E-state index is 12.0. The lowest BCUT2D eigenvalue weighted by molar-refractivity contribution is -0.150. The van der Waals surface area contributed by atoms with E-state index < -0.39 is 0 Å². The number of hydrogen-bond acceptors (Lipinski definition) is 4. The first-order valence-electron chi connectivity index (χ1n) is 8.77. The van der Waals surface area contributed by atoms with E-state index in [1.54, 1.807) is 0 Å². The van der Waals surface area contributed by atoms with Crippen molar-refractivity contribution in [1.29, 1.82) is 5.26 Å². The fourth-order valence-corrected chi connectivity index (χ4v) is 3.44. The number of nitrogens with zero attached hydrogens (tertiary/aromatic N) is 3. The van der Waals surface area contributed by atoms with Gasteiger partial charge in [0.15, 0.2) is 0 Å². The topological polar surface area (TPSA) is 58.3 Å². The molecule has 1 aliphatic heterocycles. The lowest BCUT2D eigenvalue weighted by Gasteiger charge is -2.31. The fourth-order valence-electron chi connectivity index (χ4n) is 3.44. The molecule has 1 atom stereocenters. The predicted octanol–water partition coefficient (Wildman–Crippen LogP) is 3.12. The van der Waals surface area contributed by atoms with E-state index in [2.05, 4.69) is 21.6 Å². The summed E-state index contributed by atoms with van der Waals surface area (Å²) >= 11 is 0. The molecule has 0 radical (unpaired) electrons. The zero-order valence-electron chi connectivity index (χ0n) is 14.5. The van der Waals surface area contributed by atoms with Crippen LogP contribution in [0.1, 0.15) is 31.0 Å². The van der Waals surface area contributed by atoms with Crippen LogP contribution in [0.25, 0.3) is 5.69 Å². The molecule has 25 heavy (non-hydrogen) atoms. The van der Waals surface area contributed by atoms with E-state index in [1.165, 1.54) is 0 Å². The van der Waals surface area contributed by atoms with Gasteiger partial charge < -0.3 is 9.30 Å². The number of rotatable bonds is 5. The van der Waals surface area contributed by atoms with Crippen LogP contribution in [-0.2, 0) is 16.1 Å². The van der Waals surface area contributed by atoms with Crippen molar-refractivity contribution < 1.29 is 9.53 Å². The number of likely N-dealkylation sites (tertiary alicyclic amines) is 1. The molecular formula is C20H23N3O2. The molecule has 1 unspecified atom stereocenters. The van der Waals surface area contributed by atoms with Crippen LogP contribution >= 0.6 is 0 Å². The summed E-state index contributed by atoms with van der Waals surface area (Å²) in [5.41, 5.74) is 2.67. The maximum absolute atomic E-state index is 12.0. The first-order chi connectivity index (χ1) is 12.2. The average molecular weight is 337 g/mol. The second kappa shape index (κ2) is 8.00. The Balaban J connectivity index is 1.75. The van der Waals surface area contributed by atoms with Crippen LogP contribution in [0.5, 0.6) is 0 Å². The molecule has 5 heteroatoms. The predicted molar refractivity (Wildman–Crippen MR) is 95.1 cm³/mol. The van der Waals surface area contributed by atoms with Gasteiger partial charge in [-0.15, -0.1) is 0 Å². The highest BCUT2D eigenvalue weighted by Gasteiger charge is 2.27. The number of benzene rings is 1. The fraction of sp³-hybridized carbons (Fsp3) is 0.400. The number of piperidine rings is 1. The number of esters is 1. The molecule has 0 aliphatic carbocycles. The lowest BCUT2D eigenvalue weighted by Crippen LogP contribution is -2.39. The van der Waals surface area contributed by atoms with Crippen LogP contribution in [0.15, 0.2) is 42.6 Å². The SMILES string of the molecule is CCOC(=O)C1CCCN(Cc2cccn2-c2ccccc2C#N)C1. The lowest BCUT2D eigenvalue weighted by atomic mass is 9.98. The molecule has 3 rings (SSSR count). The third-order valence-corrected chi connectivity index (χ3v) is 4.63. The van der Waals surface area contributed by atoms with Crippen molar-refractivity contribution in [3.63, 3.8) is 0 Å². The number of carbonyl (C=O) groups excluding carboxylic acids is 1. The number of ether oxygens (including phenoxy) is 1. The molecule has 2 heterocycles. The van der Waals surface area contributed by atoms with Crippen molar-refractivity contribution in [3.8, 4) is 11.8 Å². The van der Waals surface area contributed by atoms with Crippen LogP contribution in [0, 0.1) is 17.2 Å². The Kier molecular flexibility index (Phi) is 5.52. The Bertz CT molecular complexity index is 775. The Morgan fingerprint density at radius 3 is 2.96 bits per heavy atom. The Morgan fingerprint density at radius 1 is 1.32 bits per heavy atom. The zero-order valence-corrected chi connectivity index (χ0v) is 14.5. The van der Waals surface area contributed by atoms with Crippen molar-refractivity contribution in [2.45, 2.75) is 26.3 Å². The van der Waals surface area contributed by atoms with Crippen molar-refractivity contribution in [2.24, 2.45) is 5.92 Å². The second-order valence-corrected chi connectivity index (χ2v) is 6.32. The summed E-state index contributed by atoms with van der Waals surface area (Å²) in [7, 11) is 0. The van der Waals surface area contributed by atoms with Gasteiger partial charge in [-0.3, -0.25) is 9.69 Å². The Morgan fingerprint density at radius 2 is 2.16 bits per heavy atom. The molecule has 0 saturated carbocycles. The molecule has 2 aromatic rings. The smallest absolute Gasteiger partial charge is 0.310 e. The molecule has 0 bridgehead atoms. The van der Waals surface area contributed by atoms with Crippen LogP contribution < -0.4 is 0 Å². The second-order valence-electron chi connectivity index (χ2n) is 6.32. The molecule has 1 aromatic heterocycles. The third-order valence-electron chi connectivity index (χ3n) is 4.63. The van der Waals surface area contributed by atoms with Crippen molar-refractivity contribution >= 4 is 5.97 Å². The van der Waals surface area contributed by atoms with Gasteiger partial charge in [-0.25, -0.2) is 0 Å². The molecule has 1 fully saturated rings. The molecule has 0 N–H and O–H groups in total. The summed E-state index contributed by atoms with van der Waals surface area (Å²) in [6.07, 6.45) is 3.88. The van der Waals surface area contributed by atoms with Gasteiger partial charge in [-0.2, -0.15) is 5.26 Å². The molecule has 1 saturated heterocycles. The molecule has 1 aromatic carbocycles. The minimum atomic E-state index is -0.0857. The van der Waals surface area contributed by atoms with E-state index in [4.69, 9.17) is 4.74 Å². The standard InChI is InChI=1S/C20H23N3O2/c1-2-25-20(24)17-8-5-11-22(14-17)15-18-9-6-12-23(18)19-10-4-3-7-16(19)13-21/h3-4,6-7,9-10,12,17H,2,5,8,11,14-15H2,1H3. The summed E-state index contributed by atoms with van der Waals surface area (Å²) < 4.78 is 7.24. The van der Waals surface area contributed by atoms with E-state index in [0.717, 1.165) is 43.9 Å². The van der Waals surface area contributed by atoms with E-state index in [-0.39, 0.29) is 11.9 Å². The highest BCUT2D eigenvalue weighted by atomic mass is 16.5. The molecule has 130 valence electrons. The number of carbonyl (C=O) groups is 1. The highest BCUT2D eigenvalue weighted by molar-refractivity contribution is 5.72. The van der Waals surface area contributed by atoms with Crippen LogP contribution in [0.3, 0.4) is 0 Å². The van der Waals surface area contributed by atoms with Gasteiger partial charge in [0.05, 0.1) is 23.8 Å². The monoisotopic (exact) mass is 337 g/mol. The van der Waals surface area contributed by atoms with E-state index in [0.29, 0.717) is 12.2 Å². The minimum absolute atomic E-state index is 0.0384. The molecule has 0 amide bonds. The highest BCUT2D eigenvalue weighted by Crippen LogP contribution is 2.22.